The van der Waals surface area contributed by atoms with Gasteiger partial charge in [-0.3, -0.25) is 4.57 Å². The summed E-state index contributed by atoms with van der Waals surface area (Å²) in [6.45, 7) is 5.12. The van der Waals surface area contributed by atoms with Crippen LogP contribution in [0.1, 0.15) is 26.2 Å². The Balaban J connectivity index is 1.63. The van der Waals surface area contributed by atoms with Crippen molar-refractivity contribution in [3.8, 4) is 11.6 Å². The highest BCUT2D eigenvalue weighted by Gasteiger charge is 2.27. The quantitative estimate of drug-likeness (QED) is 0.633. The van der Waals surface area contributed by atoms with Crippen LogP contribution in [0.15, 0.2) is 4.79 Å². The summed E-state index contributed by atoms with van der Waals surface area (Å²) in [7, 11) is 3.64. The van der Waals surface area contributed by atoms with Crippen molar-refractivity contribution in [1.82, 2.24) is 34.3 Å². The van der Waals surface area contributed by atoms with Crippen LogP contribution in [0.25, 0.3) is 22.8 Å². The van der Waals surface area contributed by atoms with Crippen LogP contribution in [0.2, 0.25) is 0 Å². The molecule has 11 heteroatoms. The second-order valence-electron chi connectivity index (χ2n) is 8.17. The maximum Gasteiger partial charge on any atom is 0.343 e. The Morgan fingerprint density at radius 2 is 1.90 bits per heavy atom. The summed E-state index contributed by atoms with van der Waals surface area (Å²) < 4.78 is 8.94. The van der Waals surface area contributed by atoms with Crippen LogP contribution >= 0.6 is 0 Å². The normalized spacial score (nSPS) is 18.6. The Hall–Kier alpha value is -2.95. The van der Waals surface area contributed by atoms with Crippen molar-refractivity contribution < 1.29 is 4.74 Å². The number of morpholine rings is 1. The van der Waals surface area contributed by atoms with Gasteiger partial charge in [-0.25, -0.2) is 19.9 Å². The minimum absolute atomic E-state index is 0.287. The number of nitrogens with zero attached hydrogens (tertiary/aromatic N) is 7. The van der Waals surface area contributed by atoms with Gasteiger partial charge >= 0.3 is 5.69 Å². The van der Waals surface area contributed by atoms with Gasteiger partial charge in [0, 0.05) is 33.2 Å². The van der Waals surface area contributed by atoms with Crippen LogP contribution in [0.4, 0.5) is 11.8 Å². The van der Waals surface area contributed by atoms with Gasteiger partial charge in [0.15, 0.2) is 11.5 Å². The van der Waals surface area contributed by atoms with Crippen molar-refractivity contribution in [1.29, 1.82) is 0 Å². The number of aryl methyl sites for hydroxylation is 1. The summed E-state index contributed by atoms with van der Waals surface area (Å²) in [5.41, 5.74) is 1.13. The summed E-state index contributed by atoms with van der Waals surface area (Å²) in [5, 5.41) is 10.2. The van der Waals surface area contributed by atoms with E-state index in [0.717, 1.165) is 30.4 Å². The van der Waals surface area contributed by atoms with Crippen LogP contribution in [0.5, 0.6) is 0 Å². The predicted octanol–water partition coefficient (Wildman–Crippen LogP) is 0.889. The van der Waals surface area contributed by atoms with Crippen molar-refractivity contribution in [2.45, 2.75) is 32.2 Å². The molecule has 0 amide bonds. The molecular formula is C19H27N9O2. The van der Waals surface area contributed by atoms with Crippen LogP contribution in [-0.4, -0.2) is 66.6 Å². The molecular weight excluding hydrogens is 386 g/mol. The summed E-state index contributed by atoms with van der Waals surface area (Å²) in [6, 6.07) is 0.287. The van der Waals surface area contributed by atoms with E-state index < -0.39 is 0 Å². The lowest BCUT2D eigenvalue weighted by Crippen LogP contribution is -2.37. The van der Waals surface area contributed by atoms with Gasteiger partial charge in [0.1, 0.15) is 5.52 Å². The molecule has 3 aromatic rings. The first-order valence-corrected chi connectivity index (χ1v) is 10.5. The van der Waals surface area contributed by atoms with Gasteiger partial charge in [0.25, 0.3) is 0 Å². The molecule has 0 aromatic carbocycles. The average Bonchev–Trinajstić information content (AvgIpc) is 3.21. The number of hydrogen-bond acceptors (Lipinski definition) is 8. The third kappa shape index (κ3) is 3.13. The van der Waals surface area contributed by atoms with E-state index >= 15 is 0 Å². The summed E-state index contributed by atoms with van der Waals surface area (Å²) in [5.74, 6) is 2.97. The molecule has 3 aromatic heterocycles. The average molecular weight is 413 g/mol. The van der Waals surface area contributed by atoms with Crippen molar-refractivity contribution >= 4 is 22.9 Å². The fourth-order valence-corrected chi connectivity index (χ4v) is 4.17. The largest absolute Gasteiger partial charge is 0.378 e. The van der Waals surface area contributed by atoms with E-state index in [2.05, 4.69) is 32.3 Å². The molecule has 1 saturated heterocycles. The minimum Gasteiger partial charge on any atom is -0.378 e. The molecule has 1 aliphatic heterocycles. The third-order valence-corrected chi connectivity index (χ3v) is 6.30. The molecule has 1 atom stereocenters. The summed E-state index contributed by atoms with van der Waals surface area (Å²) in [4.78, 5) is 28.3. The summed E-state index contributed by atoms with van der Waals surface area (Å²) in [6.07, 6.45) is 3.74. The van der Waals surface area contributed by atoms with Gasteiger partial charge in [0.2, 0.25) is 17.6 Å². The van der Waals surface area contributed by atoms with Crippen molar-refractivity contribution in [2.75, 3.05) is 36.5 Å². The van der Waals surface area contributed by atoms with Gasteiger partial charge in [-0.05, 0) is 25.7 Å². The van der Waals surface area contributed by atoms with Gasteiger partial charge < -0.3 is 19.5 Å². The van der Waals surface area contributed by atoms with Crippen molar-refractivity contribution in [3.05, 3.63) is 10.5 Å². The smallest absolute Gasteiger partial charge is 0.343 e. The Morgan fingerprint density at radius 3 is 2.53 bits per heavy atom. The number of nitrogens with one attached hydrogen (secondary N) is 2. The van der Waals surface area contributed by atoms with E-state index in [1.54, 1.807) is 7.05 Å². The molecule has 1 aliphatic carbocycles. The number of fused-ring (bicyclic) bond motifs is 1. The molecule has 0 spiro atoms. The van der Waals surface area contributed by atoms with E-state index in [-0.39, 0.29) is 11.7 Å². The number of H-pyrrole nitrogens is 1. The lowest BCUT2D eigenvalue weighted by atomic mass is 9.80. The maximum atomic E-state index is 11.9. The van der Waals surface area contributed by atoms with Gasteiger partial charge in [0.05, 0.1) is 13.2 Å². The number of hydrogen-bond donors (Lipinski definition) is 2. The first kappa shape index (κ1) is 19.0. The van der Waals surface area contributed by atoms with E-state index in [0.29, 0.717) is 36.4 Å². The Kier molecular flexibility index (Phi) is 4.69. The van der Waals surface area contributed by atoms with E-state index in [1.165, 1.54) is 23.8 Å². The molecule has 30 heavy (non-hydrogen) atoms. The molecule has 0 unspecified atom stereocenters. The number of ether oxygens (including phenoxy) is 1. The molecule has 11 nitrogen and oxygen atoms in total. The molecule has 2 aliphatic rings. The first-order chi connectivity index (χ1) is 14.5. The topological polar surface area (TPSA) is 119 Å². The monoisotopic (exact) mass is 413 g/mol. The highest BCUT2D eigenvalue weighted by atomic mass is 16.5. The fraction of sp³-hybridized carbons (Fsp3) is 0.632. The minimum atomic E-state index is -0.305. The SMILES string of the molecule is C[C@@H](Nc1nc(-c2n[nH]c(=O)n2C)nc2nc(N3CCOCC3)n(C)c12)C1CCC1. The molecule has 4 heterocycles. The molecule has 0 radical (unpaired) electrons. The maximum absolute atomic E-state index is 11.9. The van der Waals surface area contributed by atoms with Gasteiger partial charge in [-0.2, -0.15) is 4.98 Å². The van der Waals surface area contributed by atoms with Crippen molar-refractivity contribution in [2.24, 2.45) is 20.0 Å². The van der Waals surface area contributed by atoms with Gasteiger partial charge in [-0.15, -0.1) is 5.10 Å². The lowest BCUT2D eigenvalue weighted by molar-refractivity contribution is 0.122. The number of aromatic amines is 1. The second-order valence-corrected chi connectivity index (χ2v) is 8.17. The predicted molar refractivity (Wildman–Crippen MR) is 113 cm³/mol. The molecule has 5 rings (SSSR count). The standard InChI is InChI=1S/C19H27N9O2/c1-11(12-5-4-6-12)20-14-13-15(22-16(21-14)17-24-25-19(29)27(17)3)23-18(26(13)2)28-7-9-30-10-8-28/h11-12H,4-10H2,1-3H3,(H,25,29)(H,20,21,22)/t11-/m1/s1. The van der Waals surface area contributed by atoms with Crippen LogP contribution in [0, 0.1) is 5.92 Å². The Labute approximate surface area is 173 Å². The van der Waals surface area contributed by atoms with E-state index in [9.17, 15) is 4.79 Å². The Morgan fingerprint density at radius 1 is 1.13 bits per heavy atom. The number of anilines is 2. The molecule has 1 saturated carbocycles. The van der Waals surface area contributed by atoms with Crippen LogP contribution in [0.3, 0.4) is 0 Å². The molecule has 2 N–H and O–H groups in total. The lowest BCUT2D eigenvalue weighted by Gasteiger charge is -2.32. The van der Waals surface area contributed by atoms with Crippen LogP contribution in [-0.2, 0) is 18.8 Å². The van der Waals surface area contributed by atoms with E-state index in [1.807, 2.05) is 11.6 Å². The molecule has 2 fully saturated rings. The van der Waals surface area contributed by atoms with Gasteiger partial charge in [-0.1, -0.05) is 6.42 Å². The molecule has 0 bridgehead atoms. The first-order valence-electron chi connectivity index (χ1n) is 10.5. The van der Waals surface area contributed by atoms with Crippen LogP contribution < -0.4 is 15.9 Å². The number of aromatic nitrogens is 7. The summed E-state index contributed by atoms with van der Waals surface area (Å²) >= 11 is 0. The Bertz CT molecular complexity index is 1120. The number of imidazole rings is 1. The molecule has 160 valence electrons. The highest BCUT2D eigenvalue weighted by molar-refractivity contribution is 5.87. The zero-order valence-electron chi connectivity index (χ0n) is 17.6. The second kappa shape index (κ2) is 7.38. The fourth-order valence-electron chi connectivity index (χ4n) is 4.17. The third-order valence-electron chi connectivity index (χ3n) is 6.30. The zero-order chi connectivity index (χ0) is 20.8. The zero-order valence-corrected chi connectivity index (χ0v) is 17.6. The van der Waals surface area contributed by atoms with Crippen molar-refractivity contribution in [3.63, 3.8) is 0 Å². The van der Waals surface area contributed by atoms with E-state index in [4.69, 9.17) is 14.7 Å². The highest BCUT2D eigenvalue weighted by Crippen LogP contribution is 2.33. The number of rotatable bonds is 5.